The number of hydrogen-bond donors (Lipinski definition) is 0. The first-order valence-corrected chi connectivity index (χ1v) is 6.37. The Morgan fingerprint density at radius 3 is 2.89 bits per heavy atom. The number of nitrogens with zero attached hydrogens (tertiary/aromatic N) is 2. The topological polar surface area (TPSA) is 40.2 Å². The molecule has 4 heteroatoms. The van der Waals surface area contributed by atoms with E-state index in [0.717, 1.165) is 22.4 Å². The standard InChI is InChI=1S/C15H16N2O2/c1-11(2)18-13-3-4-15-12(9-13)6-8-17(15)10-14-5-7-16-19-14/h3-9,11H,10H2,1-2H3. The Morgan fingerprint density at radius 2 is 2.16 bits per heavy atom. The summed E-state index contributed by atoms with van der Waals surface area (Å²) in [7, 11) is 0. The van der Waals surface area contributed by atoms with E-state index in [9.17, 15) is 0 Å². The van der Waals surface area contributed by atoms with Crippen LogP contribution in [0.25, 0.3) is 10.9 Å². The fraction of sp³-hybridized carbons (Fsp3) is 0.267. The molecule has 0 aliphatic carbocycles. The van der Waals surface area contributed by atoms with E-state index in [0.29, 0.717) is 6.54 Å². The minimum absolute atomic E-state index is 0.189. The van der Waals surface area contributed by atoms with E-state index in [1.165, 1.54) is 0 Å². The van der Waals surface area contributed by atoms with Gasteiger partial charge in [-0.3, -0.25) is 0 Å². The molecule has 2 aromatic heterocycles. The van der Waals surface area contributed by atoms with Crippen LogP contribution in [0.2, 0.25) is 0 Å². The molecule has 0 saturated carbocycles. The Kier molecular flexibility index (Phi) is 2.99. The molecule has 0 amide bonds. The minimum Gasteiger partial charge on any atom is -0.491 e. The van der Waals surface area contributed by atoms with Gasteiger partial charge in [-0.05, 0) is 38.1 Å². The highest BCUT2D eigenvalue weighted by atomic mass is 16.5. The van der Waals surface area contributed by atoms with Crippen LogP contribution in [-0.4, -0.2) is 15.8 Å². The van der Waals surface area contributed by atoms with Crippen LogP contribution in [0.1, 0.15) is 19.6 Å². The summed E-state index contributed by atoms with van der Waals surface area (Å²) in [6.07, 6.45) is 3.90. The first kappa shape index (κ1) is 11.8. The lowest BCUT2D eigenvalue weighted by Gasteiger charge is -2.10. The predicted octanol–water partition coefficient (Wildman–Crippen LogP) is 3.46. The van der Waals surface area contributed by atoms with Gasteiger partial charge in [0, 0.05) is 23.2 Å². The Balaban J connectivity index is 1.91. The van der Waals surface area contributed by atoms with Crippen molar-refractivity contribution in [2.75, 3.05) is 0 Å². The number of benzene rings is 1. The molecule has 0 unspecified atom stereocenters. The largest absolute Gasteiger partial charge is 0.491 e. The Hall–Kier alpha value is -2.23. The van der Waals surface area contributed by atoms with Gasteiger partial charge in [0.05, 0.1) is 18.8 Å². The molecule has 0 atom stereocenters. The summed E-state index contributed by atoms with van der Waals surface area (Å²) >= 11 is 0. The summed E-state index contributed by atoms with van der Waals surface area (Å²) in [6, 6.07) is 10.1. The van der Waals surface area contributed by atoms with E-state index in [1.54, 1.807) is 6.20 Å². The molecule has 1 aromatic carbocycles. The molecule has 0 aliphatic heterocycles. The minimum atomic E-state index is 0.189. The third-order valence-corrected chi connectivity index (χ3v) is 2.93. The highest BCUT2D eigenvalue weighted by Crippen LogP contribution is 2.23. The van der Waals surface area contributed by atoms with Gasteiger partial charge in [0.2, 0.25) is 0 Å². The zero-order valence-electron chi connectivity index (χ0n) is 11.0. The van der Waals surface area contributed by atoms with Crippen molar-refractivity contribution >= 4 is 10.9 Å². The van der Waals surface area contributed by atoms with Gasteiger partial charge in [-0.2, -0.15) is 0 Å². The molecule has 19 heavy (non-hydrogen) atoms. The molecule has 3 aromatic rings. The quantitative estimate of drug-likeness (QED) is 0.717. The average molecular weight is 256 g/mol. The Labute approximate surface area is 111 Å². The van der Waals surface area contributed by atoms with Crippen molar-refractivity contribution in [3.63, 3.8) is 0 Å². The second-order valence-corrected chi connectivity index (χ2v) is 4.81. The van der Waals surface area contributed by atoms with Gasteiger partial charge in [0.1, 0.15) is 5.75 Å². The highest BCUT2D eigenvalue weighted by Gasteiger charge is 2.06. The first-order valence-electron chi connectivity index (χ1n) is 6.37. The lowest BCUT2D eigenvalue weighted by atomic mass is 10.2. The average Bonchev–Trinajstić information content (AvgIpc) is 2.99. The van der Waals surface area contributed by atoms with Gasteiger partial charge in [-0.25, -0.2) is 0 Å². The lowest BCUT2D eigenvalue weighted by Crippen LogP contribution is -2.05. The third kappa shape index (κ3) is 2.47. The first-order chi connectivity index (χ1) is 9.22. The number of fused-ring (bicyclic) bond motifs is 1. The van der Waals surface area contributed by atoms with Crippen LogP contribution in [0.15, 0.2) is 47.2 Å². The molecule has 0 saturated heterocycles. The summed E-state index contributed by atoms with van der Waals surface area (Å²) in [5.74, 6) is 1.75. The van der Waals surface area contributed by atoms with E-state index in [4.69, 9.17) is 9.26 Å². The summed E-state index contributed by atoms with van der Waals surface area (Å²) < 4.78 is 13.0. The third-order valence-electron chi connectivity index (χ3n) is 2.93. The second-order valence-electron chi connectivity index (χ2n) is 4.81. The van der Waals surface area contributed by atoms with Crippen LogP contribution in [0.5, 0.6) is 5.75 Å². The molecule has 0 spiro atoms. The number of rotatable bonds is 4. The van der Waals surface area contributed by atoms with Crippen molar-refractivity contribution in [2.24, 2.45) is 0 Å². The van der Waals surface area contributed by atoms with Crippen molar-refractivity contribution in [1.82, 2.24) is 9.72 Å². The highest BCUT2D eigenvalue weighted by molar-refractivity contribution is 5.81. The number of hydrogen-bond acceptors (Lipinski definition) is 3. The molecule has 0 aliphatic rings. The fourth-order valence-corrected chi connectivity index (χ4v) is 2.15. The lowest BCUT2D eigenvalue weighted by molar-refractivity contribution is 0.243. The zero-order valence-corrected chi connectivity index (χ0v) is 11.0. The maximum absolute atomic E-state index is 5.70. The van der Waals surface area contributed by atoms with Crippen LogP contribution in [0, 0.1) is 0 Å². The zero-order chi connectivity index (χ0) is 13.2. The van der Waals surface area contributed by atoms with Crippen LogP contribution in [-0.2, 0) is 6.54 Å². The molecule has 4 nitrogen and oxygen atoms in total. The van der Waals surface area contributed by atoms with Crippen molar-refractivity contribution in [3.05, 3.63) is 48.5 Å². The smallest absolute Gasteiger partial charge is 0.156 e. The maximum atomic E-state index is 5.70. The van der Waals surface area contributed by atoms with E-state index in [1.807, 2.05) is 32.2 Å². The Bertz CT molecular complexity index is 669. The van der Waals surface area contributed by atoms with Crippen molar-refractivity contribution in [3.8, 4) is 5.75 Å². The van der Waals surface area contributed by atoms with E-state index < -0.39 is 0 Å². The van der Waals surface area contributed by atoms with Crippen molar-refractivity contribution in [2.45, 2.75) is 26.5 Å². The molecule has 2 heterocycles. The molecule has 0 radical (unpaired) electrons. The molecule has 0 fully saturated rings. The van der Waals surface area contributed by atoms with E-state index in [-0.39, 0.29) is 6.10 Å². The molecule has 0 N–H and O–H groups in total. The van der Waals surface area contributed by atoms with Crippen molar-refractivity contribution in [1.29, 1.82) is 0 Å². The van der Waals surface area contributed by atoms with E-state index >= 15 is 0 Å². The normalized spacial score (nSPS) is 11.3. The number of aromatic nitrogens is 2. The molecular weight excluding hydrogens is 240 g/mol. The van der Waals surface area contributed by atoms with Crippen molar-refractivity contribution < 1.29 is 9.26 Å². The Morgan fingerprint density at radius 1 is 1.26 bits per heavy atom. The summed E-state index contributed by atoms with van der Waals surface area (Å²) in [5, 5.41) is 4.89. The fourth-order valence-electron chi connectivity index (χ4n) is 2.15. The maximum Gasteiger partial charge on any atom is 0.156 e. The van der Waals surface area contributed by atoms with Gasteiger partial charge in [-0.1, -0.05) is 5.16 Å². The van der Waals surface area contributed by atoms with Gasteiger partial charge in [0.25, 0.3) is 0 Å². The van der Waals surface area contributed by atoms with Crippen LogP contribution < -0.4 is 4.74 Å². The second kappa shape index (κ2) is 4.80. The summed E-state index contributed by atoms with van der Waals surface area (Å²) in [6.45, 7) is 4.74. The van der Waals surface area contributed by atoms with E-state index in [2.05, 4.69) is 27.9 Å². The van der Waals surface area contributed by atoms with Gasteiger partial charge < -0.3 is 13.8 Å². The van der Waals surface area contributed by atoms with Crippen LogP contribution in [0.4, 0.5) is 0 Å². The number of ether oxygens (including phenoxy) is 1. The summed E-state index contributed by atoms with van der Waals surface area (Å²) in [5.41, 5.74) is 1.16. The SMILES string of the molecule is CC(C)Oc1ccc2c(ccn2Cc2ccno2)c1. The molecule has 0 bridgehead atoms. The van der Waals surface area contributed by atoms with Gasteiger partial charge in [0.15, 0.2) is 5.76 Å². The summed E-state index contributed by atoms with van der Waals surface area (Å²) in [4.78, 5) is 0. The van der Waals surface area contributed by atoms with Crippen LogP contribution in [0.3, 0.4) is 0 Å². The van der Waals surface area contributed by atoms with Gasteiger partial charge in [-0.15, -0.1) is 0 Å². The molecular formula is C15H16N2O2. The molecule has 3 rings (SSSR count). The van der Waals surface area contributed by atoms with Gasteiger partial charge >= 0.3 is 0 Å². The predicted molar refractivity (Wildman–Crippen MR) is 73.3 cm³/mol. The van der Waals surface area contributed by atoms with Crippen LogP contribution >= 0.6 is 0 Å². The molecule has 98 valence electrons. The monoisotopic (exact) mass is 256 g/mol.